The van der Waals surface area contributed by atoms with E-state index in [0.29, 0.717) is 11.4 Å². The summed E-state index contributed by atoms with van der Waals surface area (Å²) in [5.74, 6) is 0.0682. The molecule has 0 spiro atoms. The number of phenols is 1. The Balaban J connectivity index is 3.00. The third-order valence-electron chi connectivity index (χ3n) is 1.83. The zero-order valence-electron chi connectivity index (χ0n) is 7.20. The van der Waals surface area contributed by atoms with Crippen molar-refractivity contribution < 1.29 is 5.11 Å². The van der Waals surface area contributed by atoms with Gasteiger partial charge in [0, 0.05) is 6.04 Å². The van der Waals surface area contributed by atoms with E-state index in [2.05, 4.69) is 6.58 Å². The van der Waals surface area contributed by atoms with E-state index in [1.165, 1.54) is 6.07 Å². The van der Waals surface area contributed by atoms with Crippen LogP contribution in [0.25, 0.3) is 0 Å². The SMILES string of the molecule is C=CC[C@@H](N)c1cccc(O)c1Cl. The van der Waals surface area contributed by atoms with Crippen LogP contribution in [0.15, 0.2) is 30.9 Å². The van der Waals surface area contributed by atoms with E-state index in [9.17, 15) is 5.11 Å². The molecule has 1 atom stereocenters. The van der Waals surface area contributed by atoms with E-state index in [1.54, 1.807) is 18.2 Å². The molecule has 0 bridgehead atoms. The van der Waals surface area contributed by atoms with Gasteiger partial charge in [-0.3, -0.25) is 0 Å². The summed E-state index contributed by atoms with van der Waals surface area (Å²) in [7, 11) is 0. The summed E-state index contributed by atoms with van der Waals surface area (Å²) in [6, 6.07) is 4.86. The van der Waals surface area contributed by atoms with Gasteiger partial charge in [0.2, 0.25) is 0 Å². The molecule has 0 aliphatic rings. The van der Waals surface area contributed by atoms with Crippen molar-refractivity contribution in [1.29, 1.82) is 0 Å². The van der Waals surface area contributed by atoms with Gasteiger partial charge in [-0.15, -0.1) is 6.58 Å². The summed E-state index contributed by atoms with van der Waals surface area (Å²) in [4.78, 5) is 0. The Morgan fingerprint density at radius 3 is 2.92 bits per heavy atom. The lowest BCUT2D eigenvalue weighted by Gasteiger charge is -2.11. The van der Waals surface area contributed by atoms with E-state index in [-0.39, 0.29) is 11.8 Å². The van der Waals surface area contributed by atoms with Gasteiger partial charge in [0.1, 0.15) is 5.75 Å². The van der Waals surface area contributed by atoms with Gasteiger partial charge in [0.25, 0.3) is 0 Å². The molecule has 1 aromatic carbocycles. The molecule has 0 aliphatic carbocycles. The summed E-state index contributed by atoms with van der Waals surface area (Å²) in [6.07, 6.45) is 2.37. The van der Waals surface area contributed by atoms with Crippen molar-refractivity contribution in [1.82, 2.24) is 0 Å². The standard InChI is InChI=1S/C10H12ClNO/c1-2-4-8(12)7-5-3-6-9(13)10(7)11/h2-3,5-6,8,13H,1,4,12H2/t8-/m1/s1. The second-order valence-electron chi connectivity index (χ2n) is 2.81. The molecular formula is C10H12ClNO. The van der Waals surface area contributed by atoms with Crippen LogP contribution in [0.4, 0.5) is 0 Å². The van der Waals surface area contributed by atoms with Crippen molar-refractivity contribution in [3.63, 3.8) is 0 Å². The quantitative estimate of drug-likeness (QED) is 0.732. The molecule has 0 unspecified atom stereocenters. The van der Waals surface area contributed by atoms with Crippen LogP contribution >= 0.6 is 11.6 Å². The van der Waals surface area contributed by atoms with Crippen LogP contribution in [0.3, 0.4) is 0 Å². The molecule has 0 aromatic heterocycles. The number of phenolic OH excluding ortho intramolecular Hbond substituents is 1. The monoisotopic (exact) mass is 197 g/mol. The number of nitrogens with two attached hydrogens (primary N) is 1. The minimum Gasteiger partial charge on any atom is -0.506 e. The first-order chi connectivity index (χ1) is 6.16. The normalized spacial score (nSPS) is 12.5. The highest BCUT2D eigenvalue weighted by molar-refractivity contribution is 6.32. The molecule has 0 fully saturated rings. The molecule has 3 N–H and O–H groups in total. The molecule has 2 nitrogen and oxygen atoms in total. The Hall–Kier alpha value is -0.990. The summed E-state index contributed by atoms with van der Waals surface area (Å²) in [5.41, 5.74) is 6.56. The number of halogens is 1. The van der Waals surface area contributed by atoms with Crippen LogP contribution in [-0.2, 0) is 0 Å². The lowest BCUT2D eigenvalue weighted by Crippen LogP contribution is -2.09. The molecule has 3 heteroatoms. The van der Waals surface area contributed by atoms with Crippen LogP contribution in [0.2, 0.25) is 5.02 Å². The molecule has 0 saturated carbocycles. The molecule has 1 rings (SSSR count). The highest BCUT2D eigenvalue weighted by Crippen LogP contribution is 2.31. The number of benzene rings is 1. The van der Waals surface area contributed by atoms with E-state index in [4.69, 9.17) is 17.3 Å². The number of hydrogen-bond acceptors (Lipinski definition) is 2. The Morgan fingerprint density at radius 1 is 1.62 bits per heavy atom. The van der Waals surface area contributed by atoms with Crippen molar-refractivity contribution in [3.8, 4) is 5.75 Å². The van der Waals surface area contributed by atoms with Crippen molar-refractivity contribution in [2.75, 3.05) is 0 Å². The minimum absolute atomic E-state index is 0.0682. The van der Waals surface area contributed by atoms with Crippen LogP contribution < -0.4 is 5.73 Å². The summed E-state index contributed by atoms with van der Waals surface area (Å²) in [6.45, 7) is 3.59. The number of rotatable bonds is 3. The Kier molecular flexibility index (Phi) is 3.34. The van der Waals surface area contributed by atoms with Crippen molar-refractivity contribution in [2.24, 2.45) is 5.73 Å². The Bertz CT molecular complexity index is 312. The molecule has 0 saturated heterocycles. The molecule has 0 amide bonds. The second kappa shape index (κ2) is 4.30. The molecule has 0 radical (unpaired) electrons. The highest BCUT2D eigenvalue weighted by atomic mass is 35.5. The smallest absolute Gasteiger partial charge is 0.134 e. The lowest BCUT2D eigenvalue weighted by atomic mass is 10.0. The van der Waals surface area contributed by atoms with Gasteiger partial charge in [-0.1, -0.05) is 29.8 Å². The van der Waals surface area contributed by atoms with Crippen LogP contribution in [0.5, 0.6) is 5.75 Å². The van der Waals surface area contributed by atoms with Crippen molar-refractivity contribution >= 4 is 11.6 Å². The van der Waals surface area contributed by atoms with Crippen molar-refractivity contribution in [2.45, 2.75) is 12.5 Å². The van der Waals surface area contributed by atoms with E-state index >= 15 is 0 Å². The maximum Gasteiger partial charge on any atom is 0.134 e. The van der Waals surface area contributed by atoms with Gasteiger partial charge >= 0.3 is 0 Å². The van der Waals surface area contributed by atoms with Gasteiger partial charge in [0.15, 0.2) is 0 Å². The molecule has 0 aliphatic heterocycles. The third-order valence-corrected chi connectivity index (χ3v) is 2.24. The first-order valence-electron chi connectivity index (χ1n) is 4.00. The molecular weight excluding hydrogens is 186 g/mol. The fourth-order valence-corrected chi connectivity index (χ4v) is 1.40. The first kappa shape index (κ1) is 10.1. The van der Waals surface area contributed by atoms with Crippen LogP contribution in [0.1, 0.15) is 18.0 Å². The first-order valence-corrected chi connectivity index (χ1v) is 4.38. The minimum atomic E-state index is -0.197. The number of hydrogen-bond donors (Lipinski definition) is 2. The van der Waals surface area contributed by atoms with Gasteiger partial charge in [-0.2, -0.15) is 0 Å². The maximum absolute atomic E-state index is 9.30. The van der Waals surface area contributed by atoms with Crippen LogP contribution in [0, 0.1) is 0 Å². The molecule has 13 heavy (non-hydrogen) atoms. The molecule has 70 valence electrons. The van der Waals surface area contributed by atoms with E-state index in [0.717, 1.165) is 5.56 Å². The molecule has 0 heterocycles. The van der Waals surface area contributed by atoms with Gasteiger partial charge in [-0.05, 0) is 18.1 Å². The predicted molar refractivity (Wildman–Crippen MR) is 54.9 cm³/mol. The fourth-order valence-electron chi connectivity index (χ4n) is 1.13. The summed E-state index contributed by atoms with van der Waals surface area (Å²) >= 11 is 5.86. The Morgan fingerprint density at radius 2 is 2.31 bits per heavy atom. The lowest BCUT2D eigenvalue weighted by molar-refractivity contribution is 0.474. The largest absolute Gasteiger partial charge is 0.506 e. The Labute approximate surface area is 82.6 Å². The van der Waals surface area contributed by atoms with Gasteiger partial charge < -0.3 is 10.8 Å². The average molecular weight is 198 g/mol. The van der Waals surface area contributed by atoms with E-state index < -0.39 is 0 Å². The number of aromatic hydroxyl groups is 1. The maximum atomic E-state index is 9.30. The van der Waals surface area contributed by atoms with Gasteiger partial charge in [-0.25, -0.2) is 0 Å². The van der Waals surface area contributed by atoms with Crippen molar-refractivity contribution in [3.05, 3.63) is 41.4 Å². The zero-order chi connectivity index (χ0) is 9.84. The topological polar surface area (TPSA) is 46.2 Å². The van der Waals surface area contributed by atoms with Gasteiger partial charge in [0.05, 0.1) is 5.02 Å². The third kappa shape index (κ3) is 2.23. The average Bonchev–Trinajstić information content (AvgIpc) is 2.10. The fraction of sp³-hybridized carbons (Fsp3) is 0.200. The summed E-state index contributed by atoms with van der Waals surface area (Å²) in [5, 5.41) is 9.63. The van der Waals surface area contributed by atoms with Crippen LogP contribution in [-0.4, -0.2) is 5.11 Å². The second-order valence-corrected chi connectivity index (χ2v) is 3.19. The summed E-state index contributed by atoms with van der Waals surface area (Å²) < 4.78 is 0. The zero-order valence-corrected chi connectivity index (χ0v) is 7.96. The highest BCUT2D eigenvalue weighted by Gasteiger charge is 2.10. The molecule has 1 aromatic rings. The van der Waals surface area contributed by atoms with E-state index in [1.807, 2.05) is 0 Å². The predicted octanol–water partition coefficient (Wildman–Crippen LogP) is 2.62.